The number of nitrogen functional groups attached to an aromatic ring is 1. The van der Waals surface area contributed by atoms with E-state index in [9.17, 15) is 14.4 Å². The SMILES string of the molecule is CNC(=O)NCC(C(=O)NC)c1ccc(C(=O)Nc2cc(-c3ccsc3)ccc2N)cc1. The quantitative estimate of drug-likeness (QED) is 0.354. The van der Waals surface area contributed by atoms with E-state index in [0.717, 1.165) is 11.1 Å². The second-order valence-electron chi connectivity index (χ2n) is 7.02. The third kappa shape index (κ3) is 5.44. The number of thiophene rings is 1. The Morgan fingerprint density at radius 2 is 1.72 bits per heavy atom. The molecule has 4 amide bonds. The minimum absolute atomic E-state index is 0.122. The van der Waals surface area contributed by atoms with Crippen LogP contribution >= 0.6 is 11.3 Å². The van der Waals surface area contributed by atoms with Crippen molar-refractivity contribution in [3.05, 3.63) is 70.4 Å². The van der Waals surface area contributed by atoms with Gasteiger partial charge in [-0.1, -0.05) is 18.2 Å². The molecule has 0 bridgehead atoms. The van der Waals surface area contributed by atoms with Crippen LogP contribution in [-0.4, -0.2) is 38.5 Å². The lowest BCUT2D eigenvalue weighted by molar-refractivity contribution is -0.121. The molecule has 0 aliphatic carbocycles. The lowest BCUT2D eigenvalue weighted by Gasteiger charge is -2.17. The standard InChI is InChI=1S/C23H25N5O3S/c1-25-22(30)18(12-27-23(31)26-2)14-3-5-15(6-4-14)21(29)28-20-11-16(7-8-19(20)24)17-9-10-32-13-17/h3-11,13,18H,12,24H2,1-2H3,(H,25,30)(H,28,29)(H2,26,27,31). The number of likely N-dealkylation sites (N-methyl/N-ethyl adjacent to an activating group) is 1. The molecule has 0 fully saturated rings. The maximum atomic E-state index is 12.8. The maximum absolute atomic E-state index is 12.8. The smallest absolute Gasteiger partial charge is 0.314 e. The van der Waals surface area contributed by atoms with Gasteiger partial charge in [-0.15, -0.1) is 0 Å². The second-order valence-corrected chi connectivity index (χ2v) is 7.80. The molecule has 9 heteroatoms. The first-order valence-corrected chi connectivity index (χ1v) is 10.9. The zero-order valence-electron chi connectivity index (χ0n) is 17.8. The van der Waals surface area contributed by atoms with Crippen molar-refractivity contribution < 1.29 is 14.4 Å². The van der Waals surface area contributed by atoms with Gasteiger partial charge in [0.1, 0.15) is 0 Å². The molecule has 2 aromatic carbocycles. The Bertz CT molecular complexity index is 1100. The molecule has 0 saturated carbocycles. The van der Waals surface area contributed by atoms with E-state index in [-0.39, 0.29) is 24.4 Å². The molecule has 3 rings (SSSR count). The summed E-state index contributed by atoms with van der Waals surface area (Å²) in [5.74, 6) is -1.14. The second kappa shape index (κ2) is 10.5. The van der Waals surface area contributed by atoms with Gasteiger partial charge in [-0.2, -0.15) is 11.3 Å². The summed E-state index contributed by atoms with van der Waals surface area (Å²) in [7, 11) is 3.03. The van der Waals surface area contributed by atoms with Gasteiger partial charge in [-0.3, -0.25) is 9.59 Å². The summed E-state index contributed by atoms with van der Waals surface area (Å²) in [5, 5.41) is 14.5. The van der Waals surface area contributed by atoms with Crippen LogP contribution in [0.1, 0.15) is 21.8 Å². The lowest BCUT2D eigenvalue weighted by atomic mass is 9.96. The summed E-state index contributed by atoms with van der Waals surface area (Å²) in [4.78, 5) is 36.5. The van der Waals surface area contributed by atoms with Gasteiger partial charge in [0.15, 0.2) is 0 Å². The van der Waals surface area contributed by atoms with E-state index < -0.39 is 5.92 Å². The Balaban J connectivity index is 1.75. The Morgan fingerprint density at radius 3 is 2.34 bits per heavy atom. The van der Waals surface area contributed by atoms with Crippen LogP contribution in [0, 0.1) is 0 Å². The molecule has 0 aliphatic rings. The number of anilines is 2. The maximum Gasteiger partial charge on any atom is 0.314 e. The Morgan fingerprint density at radius 1 is 0.969 bits per heavy atom. The van der Waals surface area contributed by atoms with E-state index in [1.54, 1.807) is 41.7 Å². The summed E-state index contributed by atoms with van der Waals surface area (Å²) in [5.41, 5.74) is 10.2. The van der Waals surface area contributed by atoms with Crippen LogP contribution in [0.2, 0.25) is 0 Å². The molecular formula is C23H25N5O3S. The van der Waals surface area contributed by atoms with Crippen molar-refractivity contribution in [1.82, 2.24) is 16.0 Å². The van der Waals surface area contributed by atoms with Gasteiger partial charge in [0, 0.05) is 26.2 Å². The molecule has 1 aromatic heterocycles. The van der Waals surface area contributed by atoms with Gasteiger partial charge in [0.25, 0.3) is 5.91 Å². The van der Waals surface area contributed by atoms with Crippen molar-refractivity contribution in [3.63, 3.8) is 0 Å². The van der Waals surface area contributed by atoms with Crippen LogP contribution in [0.15, 0.2) is 59.3 Å². The number of hydrogen-bond donors (Lipinski definition) is 5. The minimum Gasteiger partial charge on any atom is -0.397 e. The summed E-state index contributed by atoms with van der Waals surface area (Å²) in [6.45, 7) is 0.122. The Kier molecular flexibility index (Phi) is 7.45. The van der Waals surface area contributed by atoms with Gasteiger partial charge >= 0.3 is 6.03 Å². The van der Waals surface area contributed by atoms with Crippen LogP contribution in [0.25, 0.3) is 11.1 Å². The zero-order chi connectivity index (χ0) is 23.1. The molecule has 1 unspecified atom stereocenters. The summed E-state index contributed by atoms with van der Waals surface area (Å²) < 4.78 is 0. The van der Waals surface area contributed by atoms with Crippen molar-refractivity contribution in [1.29, 1.82) is 0 Å². The molecule has 1 heterocycles. The highest BCUT2D eigenvalue weighted by Gasteiger charge is 2.21. The molecule has 0 spiro atoms. The number of hydrogen-bond acceptors (Lipinski definition) is 5. The van der Waals surface area contributed by atoms with Gasteiger partial charge in [-0.05, 0) is 57.8 Å². The molecule has 166 valence electrons. The molecule has 0 saturated heterocycles. The highest BCUT2D eigenvalue weighted by Crippen LogP contribution is 2.29. The average molecular weight is 452 g/mol. The van der Waals surface area contributed by atoms with E-state index in [1.807, 2.05) is 29.0 Å². The van der Waals surface area contributed by atoms with Crippen molar-refractivity contribution in [2.45, 2.75) is 5.92 Å². The van der Waals surface area contributed by atoms with Crippen LogP contribution in [0.3, 0.4) is 0 Å². The first kappa shape index (κ1) is 22.8. The lowest BCUT2D eigenvalue weighted by Crippen LogP contribution is -2.39. The van der Waals surface area contributed by atoms with Crippen molar-refractivity contribution in [3.8, 4) is 11.1 Å². The van der Waals surface area contributed by atoms with Crippen molar-refractivity contribution >= 4 is 40.6 Å². The largest absolute Gasteiger partial charge is 0.397 e. The van der Waals surface area contributed by atoms with E-state index >= 15 is 0 Å². The van der Waals surface area contributed by atoms with E-state index in [0.29, 0.717) is 22.5 Å². The van der Waals surface area contributed by atoms with Crippen LogP contribution < -0.4 is 27.0 Å². The minimum atomic E-state index is -0.590. The van der Waals surface area contributed by atoms with Crippen molar-refractivity contribution in [2.75, 3.05) is 31.7 Å². The topological polar surface area (TPSA) is 125 Å². The number of benzene rings is 2. The van der Waals surface area contributed by atoms with E-state index in [4.69, 9.17) is 5.73 Å². The monoisotopic (exact) mass is 451 g/mol. The van der Waals surface area contributed by atoms with Gasteiger partial charge < -0.3 is 27.0 Å². The number of nitrogens with two attached hydrogens (primary N) is 1. The molecule has 0 radical (unpaired) electrons. The predicted octanol–water partition coefficient (Wildman–Crippen LogP) is 3.01. The molecule has 0 aliphatic heterocycles. The van der Waals surface area contributed by atoms with Crippen LogP contribution in [0.4, 0.5) is 16.2 Å². The molecule has 1 atom stereocenters. The molecule has 6 N–H and O–H groups in total. The summed E-state index contributed by atoms with van der Waals surface area (Å²) in [6, 6.07) is 13.8. The van der Waals surface area contributed by atoms with E-state index in [2.05, 4.69) is 21.3 Å². The average Bonchev–Trinajstić information content (AvgIpc) is 3.35. The predicted molar refractivity (Wildman–Crippen MR) is 128 cm³/mol. The molecule has 32 heavy (non-hydrogen) atoms. The molecule has 8 nitrogen and oxygen atoms in total. The highest BCUT2D eigenvalue weighted by molar-refractivity contribution is 7.08. The Labute approximate surface area is 190 Å². The third-order valence-corrected chi connectivity index (χ3v) is 5.67. The fraction of sp³-hybridized carbons (Fsp3) is 0.174. The number of urea groups is 1. The number of amides is 4. The first-order chi connectivity index (χ1) is 15.4. The van der Waals surface area contributed by atoms with Gasteiger partial charge in [0.05, 0.1) is 17.3 Å². The van der Waals surface area contributed by atoms with Crippen LogP contribution in [0.5, 0.6) is 0 Å². The summed E-state index contributed by atoms with van der Waals surface area (Å²) in [6.07, 6.45) is 0. The first-order valence-electron chi connectivity index (χ1n) is 9.93. The Hall–Kier alpha value is -3.85. The summed E-state index contributed by atoms with van der Waals surface area (Å²) >= 11 is 1.59. The number of carbonyl (C=O) groups excluding carboxylic acids is 3. The van der Waals surface area contributed by atoms with Crippen molar-refractivity contribution in [2.24, 2.45) is 0 Å². The number of rotatable bonds is 7. The molecule has 3 aromatic rings. The van der Waals surface area contributed by atoms with Crippen LogP contribution in [-0.2, 0) is 4.79 Å². The fourth-order valence-electron chi connectivity index (χ4n) is 3.15. The highest BCUT2D eigenvalue weighted by atomic mass is 32.1. The normalized spacial score (nSPS) is 11.3. The van der Waals surface area contributed by atoms with Gasteiger partial charge in [0.2, 0.25) is 5.91 Å². The van der Waals surface area contributed by atoms with E-state index in [1.165, 1.54) is 14.1 Å². The number of nitrogens with one attached hydrogen (secondary N) is 4. The third-order valence-electron chi connectivity index (χ3n) is 4.99. The fourth-order valence-corrected chi connectivity index (χ4v) is 3.82. The number of carbonyl (C=O) groups is 3. The molecular weight excluding hydrogens is 426 g/mol. The zero-order valence-corrected chi connectivity index (χ0v) is 18.6. The van der Waals surface area contributed by atoms with Gasteiger partial charge in [-0.25, -0.2) is 4.79 Å².